The molecule has 0 bridgehead atoms. The second-order valence-electron chi connectivity index (χ2n) is 9.34. The molecule has 0 aliphatic heterocycles. The summed E-state index contributed by atoms with van der Waals surface area (Å²) in [6.45, 7) is 20.3. The van der Waals surface area contributed by atoms with Gasteiger partial charge in [0.25, 0.3) is 0 Å². The molecule has 2 aromatic rings. The van der Waals surface area contributed by atoms with E-state index in [1.807, 2.05) is 11.8 Å². The topological polar surface area (TPSA) is 9.23 Å². The maximum Gasteiger partial charge on any atom is 0.120 e. The van der Waals surface area contributed by atoms with Crippen molar-refractivity contribution in [3.63, 3.8) is 0 Å². The highest BCUT2D eigenvalue weighted by atomic mass is 32.2. The molecule has 2 heteroatoms. The first-order valence-corrected chi connectivity index (χ1v) is 10.1. The summed E-state index contributed by atoms with van der Waals surface area (Å²) in [5, 5.41) is 0. The molecule has 2 rings (SSSR count). The molecule has 0 radical (unpaired) electrons. The quantitative estimate of drug-likeness (QED) is 0.558. The van der Waals surface area contributed by atoms with Gasteiger partial charge in [-0.3, -0.25) is 0 Å². The van der Waals surface area contributed by atoms with Crippen LogP contribution in [0.3, 0.4) is 0 Å². The van der Waals surface area contributed by atoms with Crippen molar-refractivity contribution in [3.05, 3.63) is 52.1 Å². The van der Waals surface area contributed by atoms with Gasteiger partial charge in [-0.1, -0.05) is 59.4 Å². The van der Waals surface area contributed by atoms with Crippen LogP contribution in [0.1, 0.15) is 69.4 Å². The Hall–Kier alpha value is -1.41. The number of aryl methyl sites for hydroxylation is 1. The minimum absolute atomic E-state index is 0.0894. The SMILES string of the molecule is COc1cc(Sc2cc(C)cc(C(C)(C)C)c2C)c(C)c(C(C)(C)C)c1. The molecule has 0 N–H and O–H groups in total. The van der Waals surface area contributed by atoms with Crippen LogP contribution in [0.15, 0.2) is 34.1 Å². The minimum atomic E-state index is 0.0894. The Bertz CT molecular complexity index is 804. The Labute approximate surface area is 164 Å². The van der Waals surface area contributed by atoms with Gasteiger partial charge in [-0.2, -0.15) is 0 Å². The molecule has 142 valence electrons. The van der Waals surface area contributed by atoms with Crippen LogP contribution in [0, 0.1) is 20.8 Å². The molecule has 0 aliphatic rings. The largest absolute Gasteiger partial charge is 0.497 e. The van der Waals surface area contributed by atoms with Crippen LogP contribution in [0.2, 0.25) is 0 Å². The normalized spacial score (nSPS) is 12.4. The van der Waals surface area contributed by atoms with Crippen molar-refractivity contribution >= 4 is 11.8 Å². The van der Waals surface area contributed by atoms with Crippen molar-refractivity contribution in [2.75, 3.05) is 7.11 Å². The van der Waals surface area contributed by atoms with Crippen LogP contribution < -0.4 is 4.74 Å². The fourth-order valence-electron chi connectivity index (χ4n) is 3.49. The zero-order valence-corrected chi connectivity index (χ0v) is 18.9. The van der Waals surface area contributed by atoms with Crippen molar-refractivity contribution in [1.29, 1.82) is 0 Å². The van der Waals surface area contributed by atoms with E-state index >= 15 is 0 Å². The first kappa shape index (κ1) is 20.9. The van der Waals surface area contributed by atoms with Gasteiger partial charge >= 0.3 is 0 Å². The summed E-state index contributed by atoms with van der Waals surface area (Å²) in [6, 6.07) is 9.00. The van der Waals surface area contributed by atoms with Crippen molar-refractivity contribution < 1.29 is 4.74 Å². The van der Waals surface area contributed by atoms with E-state index in [4.69, 9.17) is 4.74 Å². The first-order valence-electron chi connectivity index (χ1n) is 9.33. The van der Waals surface area contributed by atoms with Gasteiger partial charge in [0.1, 0.15) is 5.75 Å². The van der Waals surface area contributed by atoms with Crippen LogP contribution in [0.5, 0.6) is 5.75 Å². The maximum absolute atomic E-state index is 5.60. The van der Waals surface area contributed by atoms with Gasteiger partial charge in [0, 0.05) is 9.79 Å². The van der Waals surface area contributed by atoms with Gasteiger partial charge in [-0.25, -0.2) is 0 Å². The molecule has 0 aliphatic carbocycles. The summed E-state index contributed by atoms with van der Waals surface area (Å²) in [5.74, 6) is 0.935. The minimum Gasteiger partial charge on any atom is -0.497 e. The van der Waals surface area contributed by atoms with Crippen molar-refractivity contribution in [2.45, 2.75) is 82.9 Å². The van der Waals surface area contributed by atoms with Crippen LogP contribution in [-0.4, -0.2) is 7.11 Å². The van der Waals surface area contributed by atoms with E-state index in [9.17, 15) is 0 Å². The van der Waals surface area contributed by atoms with Gasteiger partial charge in [0.15, 0.2) is 0 Å². The van der Waals surface area contributed by atoms with Crippen LogP contribution in [0.25, 0.3) is 0 Å². The number of rotatable bonds is 3. The van der Waals surface area contributed by atoms with E-state index in [0.717, 1.165) is 5.75 Å². The fraction of sp³-hybridized carbons (Fsp3) is 0.500. The van der Waals surface area contributed by atoms with Gasteiger partial charge in [-0.15, -0.1) is 0 Å². The Balaban J connectivity index is 2.61. The summed E-state index contributed by atoms with van der Waals surface area (Å²) < 4.78 is 5.60. The molecular formula is C24H34OS. The Morgan fingerprint density at radius 2 is 1.15 bits per heavy atom. The zero-order valence-electron chi connectivity index (χ0n) is 18.1. The summed E-state index contributed by atoms with van der Waals surface area (Å²) >= 11 is 1.87. The Morgan fingerprint density at radius 1 is 0.692 bits per heavy atom. The molecule has 0 aromatic heterocycles. The van der Waals surface area contributed by atoms with Gasteiger partial charge in [0.2, 0.25) is 0 Å². The third-order valence-electron chi connectivity index (χ3n) is 4.91. The van der Waals surface area contributed by atoms with E-state index in [1.165, 1.54) is 37.6 Å². The molecule has 0 saturated carbocycles. The average molecular weight is 371 g/mol. The summed E-state index contributed by atoms with van der Waals surface area (Å²) in [7, 11) is 1.75. The third-order valence-corrected chi connectivity index (χ3v) is 6.20. The highest BCUT2D eigenvalue weighted by molar-refractivity contribution is 7.99. The maximum atomic E-state index is 5.60. The number of ether oxygens (including phenoxy) is 1. The smallest absolute Gasteiger partial charge is 0.120 e. The van der Waals surface area contributed by atoms with Gasteiger partial charge in [0.05, 0.1) is 7.11 Å². The molecule has 0 unspecified atom stereocenters. The van der Waals surface area contributed by atoms with Crippen LogP contribution in [0.4, 0.5) is 0 Å². The van der Waals surface area contributed by atoms with Gasteiger partial charge in [-0.05, 0) is 77.6 Å². The van der Waals surface area contributed by atoms with Gasteiger partial charge < -0.3 is 4.74 Å². The lowest BCUT2D eigenvalue weighted by Crippen LogP contribution is -2.14. The Kier molecular flexibility index (Phi) is 5.87. The highest BCUT2D eigenvalue weighted by Crippen LogP contribution is 2.42. The number of hydrogen-bond donors (Lipinski definition) is 0. The van der Waals surface area contributed by atoms with E-state index in [0.29, 0.717) is 0 Å². The number of methoxy groups -OCH3 is 1. The summed E-state index contributed by atoms with van der Waals surface area (Å²) in [6.07, 6.45) is 0. The second kappa shape index (κ2) is 7.31. The summed E-state index contributed by atoms with van der Waals surface area (Å²) in [5.41, 5.74) is 7.06. The van der Waals surface area contributed by atoms with Crippen LogP contribution >= 0.6 is 11.8 Å². The zero-order chi connectivity index (χ0) is 19.9. The molecular weight excluding hydrogens is 336 g/mol. The average Bonchev–Trinajstić information content (AvgIpc) is 2.50. The molecule has 0 saturated heterocycles. The predicted octanol–water partition coefficient (Wildman–Crippen LogP) is 7.37. The lowest BCUT2D eigenvalue weighted by Gasteiger charge is -2.26. The number of benzene rings is 2. The number of hydrogen-bond acceptors (Lipinski definition) is 2. The van der Waals surface area contributed by atoms with E-state index < -0.39 is 0 Å². The van der Waals surface area contributed by atoms with Crippen molar-refractivity contribution in [2.24, 2.45) is 0 Å². The molecule has 0 heterocycles. The second-order valence-corrected chi connectivity index (χ2v) is 10.4. The third kappa shape index (κ3) is 4.46. The van der Waals surface area contributed by atoms with Crippen molar-refractivity contribution in [3.8, 4) is 5.75 Å². The molecule has 1 nitrogen and oxygen atoms in total. The molecule has 0 atom stereocenters. The predicted molar refractivity (Wildman–Crippen MR) is 115 cm³/mol. The van der Waals surface area contributed by atoms with E-state index in [-0.39, 0.29) is 10.8 Å². The molecule has 0 spiro atoms. The monoisotopic (exact) mass is 370 g/mol. The fourth-order valence-corrected chi connectivity index (χ4v) is 4.68. The lowest BCUT2D eigenvalue weighted by atomic mass is 9.83. The molecule has 0 amide bonds. The van der Waals surface area contributed by atoms with E-state index in [2.05, 4.69) is 86.6 Å². The molecule has 2 aromatic carbocycles. The lowest BCUT2D eigenvalue weighted by molar-refractivity contribution is 0.411. The molecule has 26 heavy (non-hydrogen) atoms. The standard InChI is InChI=1S/C24H34OS/c1-15-11-19(23(4,5)6)16(2)21(12-15)26-22-14-18(25-10)13-20(17(22)3)24(7,8)9/h11-14H,1-10H3. The molecule has 0 fully saturated rings. The van der Waals surface area contributed by atoms with Crippen LogP contribution in [-0.2, 0) is 10.8 Å². The Morgan fingerprint density at radius 3 is 1.62 bits per heavy atom. The van der Waals surface area contributed by atoms with E-state index in [1.54, 1.807) is 7.11 Å². The van der Waals surface area contributed by atoms with Crippen molar-refractivity contribution in [1.82, 2.24) is 0 Å². The summed E-state index contributed by atoms with van der Waals surface area (Å²) in [4.78, 5) is 2.62. The first-order chi connectivity index (χ1) is 11.8. The highest BCUT2D eigenvalue weighted by Gasteiger charge is 2.22.